The van der Waals surface area contributed by atoms with Crippen molar-refractivity contribution in [2.45, 2.75) is 10.8 Å². The molecule has 4 heteroatoms. The highest BCUT2D eigenvalue weighted by molar-refractivity contribution is 14.1. The van der Waals surface area contributed by atoms with Crippen LogP contribution in [0.1, 0.15) is 6.42 Å². The van der Waals surface area contributed by atoms with Crippen molar-refractivity contribution in [2.24, 2.45) is 5.92 Å². The molecule has 0 N–H and O–H groups in total. The summed E-state index contributed by atoms with van der Waals surface area (Å²) in [4.78, 5) is 0. The zero-order valence-electron chi connectivity index (χ0n) is 5.74. The number of hydrogen-bond acceptors (Lipinski definition) is 1. The van der Waals surface area contributed by atoms with E-state index in [4.69, 9.17) is 27.9 Å². The Balaban J connectivity index is 2.01. The molecule has 0 amide bonds. The van der Waals surface area contributed by atoms with Crippen LogP contribution >= 0.6 is 45.8 Å². The molecule has 1 saturated carbocycles. The minimum atomic E-state index is -0.516. The van der Waals surface area contributed by atoms with Crippen LogP contribution in [0.15, 0.2) is 0 Å². The second-order valence-electron chi connectivity index (χ2n) is 2.45. The molecule has 0 aromatic rings. The van der Waals surface area contributed by atoms with Crippen molar-refractivity contribution in [3.8, 4) is 9.85 Å². The van der Waals surface area contributed by atoms with Crippen LogP contribution in [0.2, 0.25) is 0 Å². The van der Waals surface area contributed by atoms with Gasteiger partial charge in [0.25, 0.3) is 0 Å². The van der Waals surface area contributed by atoms with E-state index in [1.807, 2.05) is 22.6 Å². The first kappa shape index (κ1) is 9.91. The topological polar surface area (TPSA) is 9.23 Å². The van der Waals surface area contributed by atoms with E-state index < -0.39 is 4.33 Å². The van der Waals surface area contributed by atoms with Crippen molar-refractivity contribution >= 4 is 45.8 Å². The molecule has 0 aromatic carbocycles. The lowest BCUT2D eigenvalue weighted by Crippen LogP contribution is -2.01. The Labute approximate surface area is 89.9 Å². The molecule has 62 valence electrons. The lowest BCUT2D eigenvalue weighted by molar-refractivity contribution is 0.155. The first-order valence-corrected chi connectivity index (χ1v) is 5.04. The SMILES string of the molecule is ClC1(Cl)CC1COCC#CI. The monoisotopic (exact) mass is 304 g/mol. The van der Waals surface area contributed by atoms with Crippen LogP contribution in [0.4, 0.5) is 0 Å². The van der Waals surface area contributed by atoms with Gasteiger partial charge in [0, 0.05) is 28.5 Å². The third-order valence-corrected chi connectivity index (χ3v) is 2.82. The normalized spacial score (nSPS) is 25.5. The molecule has 0 aromatic heterocycles. The van der Waals surface area contributed by atoms with Gasteiger partial charge in [-0.15, -0.1) is 23.2 Å². The Morgan fingerprint density at radius 1 is 1.64 bits per heavy atom. The summed E-state index contributed by atoms with van der Waals surface area (Å²) in [5, 5.41) is 0. The average Bonchev–Trinajstić information content (AvgIpc) is 2.52. The molecule has 0 spiro atoms. The molecule has 0 heterocycles. The number of rotatable bonds is 3. The van der Waals surface area contributed by atoms with Crippen LogP contribution in [0.3, 0.4) is 0 Å². The third kappa shape index (κ3) is 3.37. The minimum Gasteiger partial charge on any atom is -0.368 e. The van der Waals surface area contributed by atoms with Gasteiger partial charge in [-0.3, -0.25) is 0 Å². The lowest BCUT2D eigenvalue weighted by Gasteiger charge is -1.98. The van der Waals surface area contributed by atoms with E-state index in [1.54, 1.807) is 0 Å². The molecule has 1 fully saturated rings. The summed E-state index contributed by atoms with van der Waals surface area (Å²) in [5.41, 5.74) is 0. The highest BCUT2D eigenvalue weighted by Gasteiger charge is 2.51. The van der Waals surface area contributed by atoms with Crippen LogP contribution < -0.4 is 0 Å². The van der Waals surface area contributed by atoms with Crippen molar-refractivity contribution in [1.82, 2.24) is 0 Å². The summed E-state index contributed by atoms with van der Waals surface area (Å²) in [6, 6.07) is 0. The van der Waals surface area contributed by atoms with Crippen molar-refractivity contribution < 1.29 is 4.74 Å². The number of hydrogen-bond donors (Lipinski definition) is 0. The van der Waals surface area contributed by atoms with Gasteiger partial charge >= 0.3 is 0 Å². The Morgan fingerprint density at radius 3 is 2.73 bits per heavy atom. The molecular formula is C7H7Cl2IO. The Morgan fingerprint density at radius 2 is 2.27 bits per heavy atom. The van der Waals surface area contributed by atoms with Gasteiger partial charge in [0.2, 0.25) is 0 Å². The number of alkyl halides is 2. The van der Waals surface area contributed by atoms with Crippen LogP contribution in [0, 0.1) is 15.8 Å². The van der Waals surface area contributed by atoms with Gasteiger partial charge in [-0.25, -0.2) is 0 Å². The summed E-state index contributed by atoms with van der Waals surface area (Å²) >= 11 is 13.5. The zero-order chi connectivity index (χ0) is 8.32. The smallest absolute Gasteiger partial charge is 0.123 e. The quantitative estimate of drug-likeness (QED) is 0.337. The molecule has 1 aliphatic carbocycles. The van der Waals surface area contributed by atoms with Gasteiger partial charge in [-0.2, -0.15) is 0 Å². The highest BCUT2D eigenvalue weighted by atomic mass is 127. The van der Waals surface area contributed by atoms with Gasteiger partial charge in [0.1, 0.15) is 10.9 Å². The van der Waals surface area contributed by atoms with Crippen LogP contribution in [0.25, 0.3) is 0 Å². The van der Waals surface area contributed by atoms with Crippen LogP contribution in [-0.4, -0.2) is 17.5 Å². The van der Waals surface area contributed by atoms with Gasteiger partial charge in [0.05, 0.1) is 6.61 Å². The first-order valence-electron chi connectivity index (χ1n) is 3.21. The maximum atomic E-state index is 5.77. The molecule has 0 aliphatic heterocycles. The Kier molecular flexibility index (Phi) is 3.76. The van der Waals surface area contributed by atoms with E-state index in [1.165, 1.54) is 0 Å². The molecule has 0 saturated heterocycles. The third-order valence-electron chi connectivity index (χ3n) is 1.52. The first-order chi connectivity index (χ1) is 5.17. The summed E-state index contributed by atoms with van der Waals surface area (Å²) in [6.07, 6.45) is 0.841. The average molecular weight is 305 g/mol. The van der Waals surface area contributed by atoms with Gasteiger partial charge in [-0.1, -0.05) is 5.92 Å². The van der Waals surface area contributed by atoms with Crippen molar-refractivity contribution in [3.05, 3.63) is 0 Å². The zero-order valence-corrected chi connectivity index (χ0v) is 9.41. The fourth-order valence-corrected chi connectivity index (χ4v) is 1.38. The van der Waals surface area contributed by atoms with Gasteiger partial charge in [-0.05, 0) is 10.3 Å². The predicted molar refractivity (Wildman–Crippen MR) is 55.2 cm³/mol. The Hall–Kier alpha value is 0.830. The maximum absolute atomic E-state index is 5.77. The molecule has 0 bridgehead atoms. The van der Waals surface area contributed by atoms with E-state index in [0.717, 1.165) is 6.42 Å². The second kappa shape index (κ2) is 4.18. The van der Waals surface area contributed by atoms with E-state index in [0.29, 0.717) is 19.1 Å². The number of halogens is 3. The molecule has 1 rings (SSSR count). The molecule has 11 heavy (non-hydrogen) atoms. The summed E-state index contributed by atoms with van der Waals surface area (Å²) in [7, 11) is 0. The summed E-state index contributed by atoms with van der Waals surface area (Å²) in [6.45, 7) is 1.10. The lowest BCUT2D eigenvalue weighted by atomic mass is 10.5. The van der Waals surface area contributed by atoms with Gasteiger partial charge < -0.3 is 4.74 Å². The largest absolute Gasteiger partial charge is 0.368 e. The summed E-state index contributed by atoms with van der Waals surface area (Å²) in [5.74, 6) is 3.09. The van der Waals surface area contributed by atoms with E-state index >= 15 is 0 Å². The fraction of sp³-hybridized carbons (Fsp3) is 0.714. The van der Waals surface area contributed by atoms with Crippen LogP contribution in [0.5, 0.6) is 0 Å². The fourth-order valence-electron chi connectivity index (χ4n) is 0.730. The van der Waals surface area contributed by atoms with Gasteiger partial charge in [0.15, 0.2) is 0 Å². The van der Waals surface area contributed by atoms with Crippen molar-refractivity contribution in [3.63, 3.8) is 0 Å². The summed E-state index contributed by atoms with van der Waals surface area (Å²) < 4.78 is 7.38. The molecule has 1 aliphatic rings. The van der Waals surface area contributed by atoms with Crippen molar-refractivity contribution in [2.75, 3.05) is 13.2 Å². The minimum absolute atomic E-state index is 0.307. The van der Waals surface area contributed by atoms with Crippen LogP contribution in [-0.2, 0) is 4.74 Å². The second-order valence-corrected chi connectivity index (χ2v) is 4.53. The molecule has 1 unspecified atom stereocenters. The molecule has 1 nitrogen and oxygen atoms in total. The predicted octanol–water partition coefficient (Wildman–Crippen LogP) is 2.59. The maximum Gasteiger partial charge on any atom is 0.123 e. The number of ether oxygens (including phenoxy) is 1. The molecular weight excluding hydrogens is 298 g/mol. The van der Waals surface area contributed by atoms with Crippen molar-refractivity contribution in [1.29, 1.82) is 0 Å². The molecule has 1 atom stereocenters. The standard InChI is InChI=1S/C7H7Cl2IO/c8-7(9)4-6(7)5-11-3-1-2-10/h6H,3-5H2. The van der Waals surface area contributed by atoms with E-state index in [-0.39, 0.29) is 0 Å². The van der Waals surface area contributed by atoms with E-state index in [2.05, 4.69) is 9.85 Å². The Bertz CT molecular complexity index is 194. The molecule has 0 radical (unpaired) electrons. The van der Waals surface area contributed by atoms with E-state index in [9.17, 15) is 0 Å². The highest BCUT2D eigenvalue weighted by Crippen LogP contribution is 2.53.